The van der Waals surface area contributed by atoms with Gasteiger partial charge in [-0.25, -0.2) is 9.97 Å². The van der Waals surface area contributed by atoms with Crippen molar-refractivity contribution in [1.82, 2.24) is 15.0 Å². The second kappa shape index (κ2) is 12.2. The fourth-order valence-electron chi connectivity index (χ4n) is 5.86. The number of nitrogens with one attached hydrogen (secondary N) is 3. The van der Waals surface area contributed by atoms with Gasteiger partial charge in [0.2, 0.25) is 5.95 Å². The summed E-state index contributed by atoms with van der Waals surface area (Å²) in [6, 6.07) is 17.3. The molecule has 2 amide bonds. The number of aromatic nitrogens is 3. The van der Waals surface area contributed by atoms with Crippen LogP contribution in [0, 0.1) is 18.3 Å². The Balaban J connectivity index is 1.13. The maximum Gasteiger partial charge on any atom is 0.316 e. The number of amides is 2. The summed E-state index contributed by atoms with van der Waals surface area (Å²) >= 11 is 0. The normalized spacial score (nSPS) is 18.4. The van der Waals surface area contributed by atoms with Crippen LogP contribution in [0.5, 0.6) is 0 Å². The van der Waals surface area contributed by atoms with Gasteiger partial charge in [-0.15, -0.1) is 0 Å². The highest BCUT2D eigenvalue weighted by molar-refractivity contribution is 6.26. The molecule has 2 aromatic heterocycles. The Hall–Kier alpha value is -5.97. The molecule has 0 spiro atoms. The van der Waals surface area contributed by atoms with Gasteiger partial charge in [0, 0.05) is 52.7 Å². The summed E-state index contributed by atoms with van der Waals surface area (Å²) in [5, 5.41) is 8.80. The van der Waals surface area contributed by atoms with E-state index in [0.29, 0.717) is 28.5 Å². The topological polar surface area (TPSA) is 152 Å². The Bertz CT molecular complexity index is 1940. The Morgan fingerprint density at radius 1 is 0.978 bits per heavy atom. The van der Waals surface area contributed by atoms with Gasteiger partial charge in [-0.2, -0.15) is 0 Å². The van der Waals surface area contributed by atoms with Crippen LogP contribution in [-0.2, 0) is 19.1 Å². The van der Waals surface area contributed by atoms with Crippen molar-refractivity contribution in [3.05, 3.63) is 114 Å². The molecule has 0 saturated heterocycles. The summed E-state index contributed by atoms with van der Waals surface area (Å²) in [6.07, 6.45) is 7.01. The number of anilines is 4. The zero-order valence-electron chi connectivity index (χ0n) is 25.2. The number of carbonyl (C=O) groups excluding carboxylic acids is 4. The number of ketones is 1. The maximum atomic E-state index is 13.2. The minimum absolute atomic E-state index is 0.117. The second-order valence-electron chi connectivity index (χ2n) is 11.3. The zero-order valence-corrected chi connectivity index (χ0v) is 25.2. The van der Waals surface area contributed by atoms with Crippen LogP contribution in [0.4, 0.5) is 23.0 Å². The Morgan fingerprint density at radius 2 is 1.78 bits per heavy atom. The van der Waals surface area contributed by atoms with Gasteiger partial charge in [0.25, 0.3) is 11.8 Å². The number of allylic oxidation sites excluding steroid dienone is 1. The minimum atomic E-state index is -1.08. The van der Waals surface area contributed by atoms with E-state index in [1.165, 1.54) is 19.3 Å². The molecule has 2 aliphatic rings. The molecule has 4 aromatic rings. The smallest absolute Gasteiger partial charge is 0.316 e. The second-order valence-corrected chi connectivity index (χ2v) is 11.3. The molecular formula is C35H30N6O5. The van der Waals surface area contributed by atoms with Crippen LogP contribution in [-0.4, -0.2) is 45.6 Å². The number of Topliss-reactive ketones (excluding diaryl/α,β-unsaturated/α-hetero) is 1. The number of aryl methyl sites for hydroxylation is 1. The first-order chi connectivity index (χ1) is 22.2. The molecule has 11 heteroatoms. The van der Waals surface area contributed by atoms with Crippen LogP contribution in [0.2, 0.25) is 0 Å². The van der Waals surface area contributed by atoms with E-state index in [9.17, 15) is 19.2 Å². The van der Waals surface area contributed by atoms with Crippen molar-refractivity contribution in [2.75, 3.05) is 23.1 Å². The minimum Gasteiger partial charge on any atom is -0.468 e. The molecule has 2 atom stereocenters. The average Bonchev–Trinajstić information content (AvgIpc) is 3.36. The van der Waals surface area contributed by atoms with E-state index in [1.807, 2.05) is 37.3 Å². The van der Waals surface area contributed by atoms with Crippen LogP contribution in [0.3, 0.4) is 0 Å². The molecule has 1 fully saturated rings. The number of pyridine rings is 1. The lowest BCUT2D eigenvalue weighted by atomic mass is 9.77. The van der Waals surface area contributed by atoms with Crippen molar-refractivity contribution < 1.29 is 23.9 Å². The lowest BCUT2D eigenvalue weighted by Crippen LogP contribution is -2.36. The highest BCUT2D eigenvalue weighted by atomic mass is 16.5. The Kier molecular flexibility index (Phi) is 7.97. The summed E-state index contributed by atoms with van der Waals surface area (Å²) < 4.78 is 4.97. The van der Waals surface area contributed by atoms with Crippen molar-refractivity contribution in [3.63, 3.8) is 0 Å². The van der Waals surface area contributed by atoms with Crippen LogP contribution >= 0.6 is 0 Å². The molecule has 2 bridgehead atoms. The van der Waals surface area contributed by atoms with Crippen molar-refractivity contribution in [1.29, 1.82) is 0 Å². The Morgan fingerprint density at radius 3 is 2.54 bits per heavy atom. The molecule has 6 rings (SSSR count). The summed E-state index contributed by atoms with van der Waals surface area (Å²) in [6.45, 7) is 5.84. The summed E-state index contributed by atoms with van der Waals surface area (Å²) in [7, 11) is 1.28. The number of hydrogen-bond acceptors (Lipinski definition) is 9. The quantitative estimate of drug-likeness (QED) is 0.134. The van der Waals surface area contributed by atoms with Gasteiger partial charge >= 0.3 is 5.97 Å². The highest BCUT2D eigenvalue weighted by Gasteiger charge is 2.54. The van der Waals surface area contributed by atoms with E-state index < -0.39 is 29.1 Å². The SMILES string of the molecule is C=C1CC2(C(=O)OC)C=C(C(=O)Nc3cccc(C(=O)Nc4ccc(Nc5nccc(-c6cccnc6)n5)c(C)c4)c3)C(=O)C1C2. The van der Waals surface area contributed by atoms with E-state index >= 15 is 0 Å². The lowest BCUT2D eigenvalue weighted by Gasteiger charge is -2.27. The number of rotatable bonds is 8. The number of carbonyl (C=O) groups is 4. The van der Waals surface area contributed by atoms with Crippen LogP contribution in [0.1, 0.15) is 28.8 Å². The zero-order chi connectivity index (χ0) is 32.4. The monoisotopic (exact) mass is 614 g/mol. The summed E-state index contributed by atoms with van der Waals surface area (Å²) in [5.41, 5.74) is 3.80. The number of fused-ring (bicyclic) bond motifs is 2. The molecule has 11 nitrogen and oxygen atoms in total. The van der Waals surface area contributed by atoms with Crippen LogP contribution < -0.4 is 16.0 Å². The number of benzene rings is 2. The van der Waals surface area contributed by atoms with Crippen molar-refractivity contribution >= 4 is 46.6 Å². The van der Waals surface area contributed by atoms with Gasteiger partial charge in [-0.05, 0) is 79.9 Å². The molecule has 3 N–H and O–H groups in total. The van der Waals surface area contributed by atoms with Gasteiger partial charge in [-0.3, -0.25) is 24.2 Å². The van der Waals surface area contributed by atoms with Gasteiger partial charge in [0.05, 0.1) is 23.8 Å². The van der Waals surface area contributed by atoms with Gasteiger partial charge in [-0.1, -0.05) is 24.3 Å². The Labute approximate surface area is 264 Å². The van der Waals surface area contributed by atoms with Gasteiger partial charge in [0.1, 0.15) is 0 Å². The first kappa shape index (κ1) is 30.1. The molecular weight excluding hydrogens is 584 g/mol. The van der Waals surface area contributed by atoms with Crippen LogP contribution in [0.15, 0.2) is 103 Å². The number of hydrogen-bond donors (Lipinski definition) is 3. The largest absolute Gasteiger partial charge is 0.468 e. The summed E-state index contributed by atoms with van der Waals surface area (Å²) in [5.74, 6) is -2.13. The first-order valence-electron chi connectivity index (χ1n) is 14.5. The third kappa shape index (κ3) is 5.90. The van der Waals surface area contributed by atoms with Crippen LogP contribution in [0.25, 0.3) is 11.3 Å². The number of methoxy groups -OCH3 is 1. The predicted octanol–water partition coefficient (Wildman–Crippen LogP) is 5.42. The lowest BCUT2D eigenvalue weighted by molar-refractivity contribution is -0.149. The first-order valence-corrected chi connectivity index (χ1v) is 14.5. The van der Waals surface area contributed by atoms with Gasteiger partial charge in [0.15, 0.2) is 5.78 Å². The third-order valence-corrected chi connectivity index (χ3v) is 8.17. The third-order valence-electron chi connectivity index (χ3n) is 8.17. The summed E-state index contributed by atoms with van der Waals surface area (Å²) in [4.78, 5) is 65.0. The molecule has 0 aliphatic heterocycles. The van der Waals surface area contributed by atoms with E-state index in [2.05, 4.69) is 37.5 Å². The fraction of sp³-hybridized carbons (Fsp3) is 0.171. The number of nitrogens with zero attached hydrogens (tertiary/aromatic N) is 3. The van der Waals surface area contributed by atoms with E-state index in [-0.39, 0.29) is 24.2 Å². The highest BCUT2D eigenvalue weighted by Crippen LogP contribution is 2.51. The molecule has 0 radical (unpaired) electrons. The average molecular weight is 615 g/mol. The molecule has 2 heterocycles. The van der Waals surface area contributed by atoms with E-state index in [4.69, 9.17) is 4.74 Å². The van der Waals surface area contributed by atoms with Crippen molar-refractivity contribution in [2.45, 2.75) is 19.8 Å². The molecule has 1 saturated carbocycles. The maximum absolute atomic E-state index is 13.2. The van der Waals surface area contributed by atoms with Gasteiger partial charge < -0.3 is 20.7 Å². The van der Waals surface area contributed by atoms with Crippen molar-refractivity contribution in [3.8, 4) is 11.3 Å². The molecule has 230 valence electrons. The van der Waals surface area contributed by atoms with E-state index in [1.54, 1.807) is 42.9 Å². The molecule has 46 heavy (non-hydrogen) atoms. The van der Waals surface area contributed by atoms with Crippen molar-refractivity contribution in [2.24, 2.45) is 11.3 Å². The molecule has 2 aliphatic carbocycles. The number of esters is 1. The number of ether oxygens (including phenoxy) is 1. The molecule has 2 unspecified atom stereocenters. The standard InChI is InChI=1S/C35H30N6O5/c1-20-14-25(9-10-28(20)40-34-37-13-11-29(41-34)23-7-5-12-36-19-23)38-31(43)22-6-4-8-24(15-22)39-32(44)27-18-35(33(45)46-3)16-21(2)26(17-35)30(27)42/h4-15,18-19,26H,2,16-17H2,1,3H3,(H,38,43)(H,39,44)(H,37,40,41). The fourth-order valence-corrected chi connectivity index (χ4v) is 5.86. The molecule has 2 aromatic carbocycles. The predicted molar refractivity (Wildman–Crippen MR) is 172 cm³/mol. The van der Waals surface area contributed by atoms with E-state index in [0.717, 1.165) is 22.5 Å².